The molecule has 1 aliphatic rings. The van der Waals surface area contributed by atoms with Crippen LogP contribution in [0.4, 0.5) is 0 Å². The standard InChI is InChI=1S/C19H30N2O2/c1-3-21(15-19(22)23)18-9-11-20(12-10-18)14-16(2)13-17-7-5-4-6-8-17/h4-8,16,18H,3,9-15H2,1-2H3,(H,22,23). The van der Waals surface area contributed by atoms with Gasteiger partial charge in [0.25, 0.3) is 0 Å². The van der Waals surface area contributed by atoms with Crippen molar-refractivity contribution in [1.82, 2.24) is 9.80 Å². The van der Waals surface area contributed by atoms with Gasteiger partial charge in [0.2, 0.25) is 0 Å². The SMILES string of the molecule is CCN(CC(=O)O)C1CCN(CC(C)Cc2ccccc2)CC1. The molecule has 4 nitrogen and oxygen atoms in total. The summed E-state index contributed by atoms with van der Waals surface area (Å²) in [6, 6.07) is 11.1. The fourth-order valence-corrected chi connectivity index (χ4v) is 3.66. The van der Waals surface area contributed by atoms with E-state index in [0.717, 1.165) is 45.4 Å². The van der Waals surface area contributed by atoms with Crippen LogP contribution < -0.4 is 0 Å². The summed E-state index contributed by atoms with van der Waals surface area (Å²) in [7, 11) is 0. The summed E-state index contributed by atoms with van der Waals surface area (Å²) < 4.78 is 0. The minimum absolute atomic E-state index is 0.172. The van der Waals surface area contributed by atoms with E-state index in [1.54, 1.807) is 0 Å². The van der Waals surface area contributed by atoms with Crippen LogP contribution in [0, 0.1) is 5.92 Å². The topological polar surface area (TPSA) is 43.8 Å². The number of rotatable bonds is 8. The van der Waals surface area contributed by atoms with Crippen LogP contribution >= 0.6 is 0 Å². The first-order valence-electron chi connectivity index (χ1n) is 8.80. The smallest absolute Gasteiger partial charge is 0.317 e. The number of hydrogen-bond donors (Lipinski definition) is 1. The first-order chi connectivity index (χ1) is 11.1. The van der Waals surface area contributed by atoms with E-state index in [1.807, 2.05) is 0 Å². The van der Waals surface area contributed by atoms with E-state index in [-0.39, 0.29) is 6.54 Å². The molecule has 2 rings (SSSR count). The fourth-order valence-electron chi connectivity index (χ4n) is 3.66. The molecule has 1 fully saturated rings. The monoisotopic (exact) mass is 318 g/mol. The predicted molar refractivity (Wildman–Crippen MR) is 93.7 cm³/mol. The van der Waals surface area contributed by atoms with Gasteiger partial charge in [-0.2, -0.15) is 0 Å². The predicted octanol–water partition coefficient (Wildman–Crippen LogP) is 2.74. The number of carbonyl (C=O) groups is 1. The molecule has 1 aromatic rings. The number of carboxylic acids is 1. The molecule has 0 bridgehead atoms. The van der Waals surface area contributed by atoms with Crippen LogP contribution in [-0.2, 0) is 11.2 Å². The van der Waals surface area contributed by atoms with E-state index < -0.39 is 5.97 Å². The largest absolute Gasteiger partial charge is 0.480 e. The maximum Gasteiger partial charge on any atom is 0.317 e. The molecule has 0 aliphatic carbocycles. The van der Waals surface area contributed by atoms with Crippen LogP contribution in [0.3, 0.4) is 0 Å². The van der Waals surface area contributed by atoms with Gasteiger partial charge < -0.3 is 10.0 Å². The average Bonchev–Trinajstić information content (AvgIpc) is 2.54. The zero-order valence-electron chi connectivity index (χ0n) is 14.4. The maximum atomic E-state index is 10.9. The van der Waals surface area contributed by atoms with Crippen LogP contribution in [0.1, 0.15) is 32.3 Å². The van der Waals surface area contributed by atoms with Gasteiger partial charge in [-0.25, -0.2) is 0 Å². The highest BCUT2D eigenvalue weighted by Gasteiger charge is 2.25. The van der Waals surface area contributed by atoms with Crippen molar-refractivity contribution in [3.63, 3.8) is 0 Å². The molecule has 1 heterocycles. The molecule has 0 aromatic heterocycles. The van der Waals surface area contributed by atoms with Gasteiger partial charge in [0.1, 0.15) is 0 Å². The van der Waals surface area contributed by atoms with Crippen LogP contribution in [0.15, 0.2) is 30.3 Å². The van der Waals surface area contributed by atoms with Crippen molar-refractivity contribution in [2.24, 2.45) is 5.92 Å². The average molecular weight is 318 g/mol. The van der Waals surface area contributed by atoms with E-state index in [9.17, 15) is 4.79 Å². The highest BCUT2D eigenvalue weighted by Crippen LogP contribution is 2.18. The molecule has 1 saturated heterocycles. The summed E-state index contributed by atoms with van der Waals surface area (Å²) in [5, 5.41) is 9.00. The maximum absolute atomic E-state index is 10.9. The second-order valence-electron chi connectivity index (χ2n) is 6.78. The second kappa shape index (κ2) is 9.04. The Morgan fingerprint density at radius 2 is 1.96 bits per heavy atom. The first-order valence-corrected chi connectivity index (χ1v) is 8.80. The van der Waals surface area contributed by atoms with Crippen molar-refractivity contribution in [1.29, 1.82) is 0 Å². The van der Waals surface area contributed by atoms with Gasteiger partial charge in [0, 0.05) is 12.6 Å². The number of likely N-dealkylation sites (N-methyl/N-ethyl adjacent to an activating group) is 1. The molecule has 1 unspecified atom stereocenters. The fraction of sp³-hybridized carbons (Fsp3) is 0.632. The van der Waals surface area contributed by atoms with E-state index in [0.29, 0.717) is 12.0 Å². The summed E-state index contributed by atoms with van der Waals surface area (Å²) in [5.74, 6) is -0.0685. The van der Waals surface area contributed by atoms with Crippen molar-refractivity contribution in [3.05, 3.63) is 35.9 Å². The molecule has 1 N–H and O–H groups in total. The Morgan fingerprint density at radius 3 is 2.52 bits per heavy atom. The number of benzene rings is 1. The van der Waals surface area contributed by atoms with Crippen LogP contribution in [-0.4, -0.2) is 59.6 Å². The van der Waals surface area contributed by atoms with Gasteiger partial charge in [0.05, 0.1) is 6.54 Å². The van der Waals surface area contributed by atoms with E-state index >= 15 is 0 Å². The number of nitrogens with zero attached hydrogens (tertiary/aromatic N) is 2. The lowest BCUT2D eigenvalue weighted by molar-refractivity contribution is -0.139. The van der Waals surface area contributed by atoms with E-state index in [2.05, 4.69) is 54.0 Å². The number of piperidine rings is 1. The van der Waals surface area contributed by atoms with Crippen LogP contribution in [0.5, 0.6) is 0 Å². The number of aliphatic carboxylic acids is 1. The Labute approximate surface area is 140 Å². The Balaban J connectivity index is 1.74. The van der Waals surface area contributed by atoms with Gasteiger partial charge >= 0.3 is 5.97 Å². The molecule has 23 heavy (non-hydrogen) atoms. The molecule has 4 heteroatoms. The van der Waals surface area contributed by atoms with Gasteiger partial charge in [0.15, 0.2) is 0 Å². The van der Waals surface area contributed by atoms with E-state index in [1.165, 1.54) is 5.56 Å². The Morgan fingerprint density at radius 1 is 1.30 bits per heavy atom. The van der Waals surface area contributed by atoms with E-state index in [4.69, 9.17) is 5.11 Å². The van der Waals surface area contributed by atoms with Crippen molar-refractivity contribution >= 4 is 5.97 Å². The molecular weight excluding hydrogens is 288 g/mol. The van der Waals surface area contributed by atoms with Gasteiger partial charge in [-0.1, -0.05) is 44.2 Å². The number of likely N-dealkylation sites (tertiary alicyclic amines) is 1. The molecule has 0 saturated carbocycles. The Bertz CT molecular complexity index is 470. The third-order valence-electron chi connectivity index (χ3n) is 4.81. The second-order valence-corrected chi connectivity index (χ2v) is 6.78. The molecule has 1 aliphatic heterocycles. The summed E-state index contributed by atoms with van der Waals surface area (Å²) in [4.78, 5) is 15.6. The molecule has 0 radical (unpaired) electrons. The molecule has 1 atom stereocenters. The number of hydrogen-bond acceptors (Lipinski definition) is 3. The highest BCUT2D eigenvalue weighted by molar-refractivity contribution is 5.69. The Kier molecular flexibility index (Phi) is 7.06. The molecular formula is C19H30N2O2. The lowest BCUT2D eigenvalue weighted by Gasteiger charge is -2.38. The lowest BCUT2D eigenvalue weighted by atomic mass is 9.98. The minimum Gasteiger partial charge on any atom is -0.480 e. The zero-order valence-corrected chi connectivity index (χ0v) is 14.4. The summed E-state index contributed by atoms with van der Waals surface area (Å²) in [5.41, 5.74) is 1.41. The summed E-state index contributed by atoms with van der Waals surface area (Å²) in [6.07, 6.45) is 3.29. The van der Waals surface area contributed by atoms with Crippen molar-refractivity contribution in [2.45, 2.75) is 39.2 Å². The molecule has 1 aromatic carbocycles. The molecule has 0 spiro atoms. The van der Waals surface area contributed by atoms with Crippen LogP contribution in [0.25, 0.3) is 0 Å². The minimum atomic E-state index is -0.717. The zero-order chi connectivity index (χ0) is 16.7. The van der Waals surface area contributed by atoms with Crippen LogP contribution in [0.2, 0.25) is 0 Å². The van der Waals surface area contributed by atoms with Crippen molar-refractivity contribution < 1.29 is 9.90 Å². The van der Waals surface area contributed by atoms with Crippen molar-refractivity contribution in [3.8, 4) is 0 Å². The third kappa shape index (κ3) is 5.96. The normalized spacial score (nSPS) is 18.2. The van der Waals surface area contributed by atoms with Gasteiger partial charge in [-0.05, 0) is 50.4 Å². The molecule has 128 valence electrons. The first kappa shape index (κ1) is 18.0. The summed E-state index contributed by atoms with van der Waals surface area (Å²) in [6.45, 7) is 8.67. The highest BCUT2D eigenvalue weighted by atomic mass is 16.4. The van der Waals surface area contributed by atoms with Crippen molar-refractivity contribution in [2.75, 3.05) is 32.7 Å². The quantitative estimate of drug-likeness (QED) is 0.800. The number of carboxylic acid groups (broad SMARTS) is 1. The Hall–Kier alpha value is -1.39. The lowest BCUT2D eigenvalue weighted by Crippen LogP contribution is -2.47. The third-order valence-corrected chi connectivity index (χ3v) is 4.81. The molecule has 0 amide bonds. The van der Waals surface area contributed by atoms with Gasteiger partial charge in [-0.3, -0.25) is 9.69 Å². The van der Waals surface area contributed by atoms with Gasteiger partial charge in [-0.15, -0.1) is 0 Å². The summed E-state index contributed by atoms with van der Waals surface area (Å²) >= 11 is 0.